The standard InChI is InChI=1S/C24H21ClN4O3/c1-14-9-10-19(18(25)11-14)27-20(30)13-28-23(31)21-15(2)12-16(3)26-22(21)29(24(28)32)17-7-5-4-6-8-17/h4-12H,13H2,1-3H3,(H,27,30). The lowest BCUT2D eigenvalue weighted by atomic mass is 10.1. The van der Waals surface area contributed by atoms with Crippen molar-refractivity contribution in [2.24, 2.45) is 0 Å². The maximum Gasteiger partial charge on any atom is 0.337 e. The van der Waals surface area contributed by atoms with Crippen molar-refractivity contribution >= 4 is 34.2 Å². The molecule has 0 aliphatic rings. The van der Waals surface area contributed by atoms with Crippen molar-refractivity contribution in [1.29, 1.82) is 0 Å². The van der Waals surface area contributed by atoms with Gasteiger partial charge in [-0.25, -0.2) is 18.9 Å². The first-order chi connectivity index (χ1) is 15.3. The molecule has 4 rings (SSSR count). The third-order valence-corrected chi connectivity index (χ3v) is 5.45. The van der Waals surface area contributed by atoms with Gasteiger partial charge in [-0.3, -0.25) is 9.59 Å². The normalized spacial score (nSPS) is 11.0. The fourth-order valence-corrected chi connectivity index (χ4v) is 3.96. The molecule has 1 amide bonds. The molecule has 0 saturated heterocycles. The Morgan fingerprint density at radius 3 is 2.44 bits per heavy atom. The minimum atomic E-state index is -0.642. The lowest BCUT2D eigenvalue weighted by Crippen LogP contribution is -2.42. The van der Waals surface area contributed by atoms with E-state index in [1.807, 2.05) is 19.1 Å². The summed E-state index contributed by atoms with van der Waals surface area (Å²) in [5.74, 6) is -0.536. The van der Waals surface area contributed by atoms with E-state index in [4.69, 9.17) is 11.6 Å². The number of hydrogen-bond acceptors (Lipinski definition) is 4. The molecule has 0 atom stereocenters. The van der Waals surface area contributed by atoms with Crippen LogP contribution < -0.4 is 16.6 Å². The van der Waals surface area contributed by atoms with Crippen molar-refractivity contribution in [3.63, 3.8) is 0 Å². The van der Waals surface area contributed by atoms with Crippen molar-refractivity contribution in [3.05, 3.63) is 97.3 Å². The second kappa shape index (κ2) is 8.43. The second-order valence-electron chi connectivity index (χ2n) is 7.66. The summed E-state index contributed by atoms with van der Waals surface area (Å²) in [5.41, 5.74) is 2.33. The van der Waals surface area contributed by atoms with Crippen LogP contribution in [-0.4, -0.2) is 20.0 Å². The lowest BCUT2D eigenvalue weighted by molar-refractivity contribution is -0.116. The molecule has 1 N–H and O–H groups in total. The van der Waals surface area contributed by atoms with Crippen LogP contribution in [0.1, 0.15) is 16.8 Å². The molecule has 0 aliphatic carbocycles. The third kappa shape index (κ3) is 3.94. The Hall–Kier alpha value is -3.71. The van der Waals surface area contributed by atoms with Gasteiger partial charge in [-0.05, 0) is 62.2 Å². The van der Waals surface area contributed by atoms with Crippen LogP contribution in [0.25, 0.3) is 16.7 Å². The number of carbonyl (C=O) groups is 1. The zero-order chi connectivity index (χ0) is 23.0. The summed E-state index contributed by atoms with van der Waals surface area (Å²) in [7, 11) is 0. The highest BCUT2D eigenvalue weighted by Crippen LogP contribution is 2.22. The first-order valence-electron chi connectivity index (χ1n) is 10.0. The van der Waals surface area contributed by atoms with E-state index in [-0.39, 0.29) is 5.65 Å². The maximum absolute atomic E-state index is 13.4. The first kappa shape index (κ1) is 21.5. The Balaban J connectivity index is 1.87. The van der Waals surface area contributed by atoms with E-state index in [2.05, 4.69) is 10.3 Å². The van der Waals surface area contributed by atoms with Crippen molar-refractivity contribution in [1.82, 2.24) is 14.1 Å². The van der Waals surface area contributed by atoms with E-state index < -0.39 is 23.7 Å². The summed E-state index contributed by atoms with van der Waals surface area (Å²) in [4.78, 5) is 43.9. The van der Waals surface area contributed by atoms with Gasteiger partial charge in [0.25, 0.3) is 5.56 Å². The number of fused-ring (bicyclic) bond motifs is 1. The summed E-state index contributed by atoms with van der Waals surface area (Å²) in [6.07, 6.45) is 0. The Bertz CT molecular complexity index is 1470. The van der Waals surface area contributed by atoms with Crippen LogP contribution in [0.5, 0.6) is 0 Å². The predicted octanol–water partition coefficient (Wildman–Crippen LogP) is 3.76. The number of nitrogens with zero attached hydrogens (tertiary/aromatic N) is 3. The van der Waals surface area contributed by atoms with Crippen LogP contribution in [0.2, 0.25) is 5.02 Å². The van der Waals surface area contributed by atoms with E-state index >= 15 is 0 Å². The number of anilines is 1. The fraction of sp³-hybridized carbons (Fsp3) is 0.167. The number of pyridine rings is 1. The molecule has 4 aromatic rings. The number of hydrogen-bond donors (Lipinski definition) is 1. The van der Waals surface area contributed by atoms with Gasteiger partial charge in [0.15, 0.2) is 5.65 Å². The monoisotopic (exact) mass is 448 g/mol. The van der Waals surface area contributed by atoms with Crippen LogP contribution in [0.15, 0.2) is 64.2 Å². The Labute approximate surface area is 188 Å². The number of rotatable bonds is 4. The number of para-hydroxylation sites is 1. The molecular formula is C24H21ClN4O3. The summed E-state index contributed by atoms with van der Waals surface area (Å²) in [6, 6.07) is 15.9. The number of aryl methyl sites for hydroxylation is 3. The summed E-state index contributed by atoms with van der Waals surface area (Å²) < 4.78 is 2.29. The van der Waals surface area contributed by atoms with E-state index in [1.54, 1.807) is 56.3 Å². The molecule has 0 radical (unpaired) electrons. The van der Waals surface area contributed by atoms with Crippen LogP contribution in [-0.2, 0) is 11.3 Å². The molecule has 7 nitrogen and oxygen atoms in total. The third-order valence-electron chi connectivity index (χ3n) is 5.13. The largest absolute Gasteiger partial charge is 0.337 e. The number of amides is 1. The van der Waals surface area contributed by atoms with Gasteiger partial charge in [-0.1, -0.05) is 35.9 Å². The molecule has 0 saturated carbocycles. The predicted molar refractivity (Wildman–Crippen MR) is 126 cm³/mol. The van der Waals surface area contributed by atoms with Gasteiger partial charge in [0.1, 0.15) is 6.54 Å². The van der Waals surface area contributed by atoms with Crippen molar-refractivity contribution in [2.75, 3.05) is 5.32 Å². The molecule has 162 valence electrons. The fourth-order valence-electron chi connectivity index (χ4n) is 3.68. The zero-order valence-electron chi connectivity index (χ0n) is 17.8. The minimum Gasteiger partial charge on any atom is -0.323 e. The van der Waals surface area contributed by atoms with E-state index in [0.29, 0.717) is 33.0 Å². The molecule has 0 fully saturated rings. The van der Waals surface area contributed by atoms with Crippen molar-refractivity contribution in [3.8, 4) is 5.69 Å². The van der Waals surface area contributed by atoms with Crippen LogP contribution in [0, 0.1) is 20.8 Å². The Morgan fingerprint density at radius 1 is 1.03 bits per heavy atom. The van der Waals surface area contributed by atoms with Crippen LogP contribution >= 0.6 is 11.6 Å². The highest BCUT2D eigenvalue weighted by atomic mass is 35.5. The van der Waals surface area contributed by atoms with Gasteiger partial charge in [0.05, 0.1) is 21.8 Å². The molecule has 0 aliphatic heterocycles. The Kier molecular flexibility index (Phi) is 5.67. The average molecular weight is 449 g/mol. The van der Waals surface area contributed by atoms with Gasteiger partial charge in [-0.15, -0.1) is 0 Å². The van der Waals surface area contributed by atoms with Crippen molar-refractivity contribution in [2.45, 2.75) is 27.3 Å². The summed E-state index contributed by atoms with van der Waals surface area (Å²) in [6.45, 7) is 5.01. The number of halogens is 1. The second-order valence-corrected chi connectivity index (χ2v) is 8.06. The topological polar surface area (TPSA) is 86.0 Å². The van der Waals surface area contributed by atoms with Crippen LogP contribution in [0.3, 0.4) is 0 Å². The molecule has 32 heavy (non-hydrogen) atoms. The van der Waals surface area contributed by atoms with Gasteiger partial charge in [0.2, 0.25) is 5.91 Å². The zero-order valence-corrected chi connectivity index (χ0v) is 18.6. The van der Waals surface area contributed by atoms with Crippen LogP contribution in [0.4, 0.5) is 5.69 Å². The molecule has 2 aromatic carbocycles. The van der Waals surface area contributed by atoms with Gasteiger partial charge in [0, 0.05) is 5.69 Å². The SMILES string of the molecule is Cc1ccc(NC(=O)Cn2c(=O)c3c(C)cc(C)nc3n(-c3ccccc3)c2=O)c(Cl)c1. The molecule has 0 spiro atoms. The summed E-state index contributed by atoms with van der Waals surface area (Å²) >= 11 is 6.20. The van der Waals surface area contributed by atoms with Gasteiger partial charge < -0.3 is 5.32 Å². The molecule has 2 aromatic heterocycles. The average Bonchev–Trinajstić information content (AvgIpc) is 2.73. The number of benzene rings is 2. The number of aromatic nitrogens is 3. The summed E-state index contributed by atoms with van der Waals surface area (Å²) in [5, 5.41) is 3.35. The van der Waals surface area contributed by atoms with Gasteiger partial charge >= 0.3 is 5.69 Å². The minimum absolute atomic E-state index is 0.266. The maximum atomic E-state index is 13.4. The smallest absolute Gasteiger partial charge is 0.323 e. The lowest BCUT2D eigenvalue weighted by Gasteiger charge is -2.15. The molecule has 2 heterocycles. The van der Waals surface area contributed by atoms with Gasteiger partial charge in [-0.2, -0.15) is 0 Å². The number of carbonyl (C=O) groups excluding carboxylic acids is 1. The molecule has 0 bridgehead atoms. The quantitative estimate of drug-likeness (QED) is 0.515. The highest BCUT2D eigenvalue weighted by Gasteiger charge is 2.19. The van der Waals surface area contributed by atoms with E-state index in [9.17, 15) is 14.4 Å². The van der Waals surface area contributed by atoms with E-state index in [0.717, 1.165) is 10.1 Å². The van der Waals surface area contributed by atoms with Crippen molar-refractivity contribution < 1.29 is 4.79 Å². The van der Waals surface area contributed by atoms with E-state index in [1.165, 1.54) is 4.57 Å². The molecular weight excluding hydrogens is 428 g/mol. The number of nitrogens with one attached hydrogen (secondary N) is 1. The molecule has 8 heteroatoms. The first-order valence-corrected chi connectivity index (χ1v) is 10.4. The Morgan fingerprint density at radius 2 is 1.75 bits per heavy atom. The molecule has 0 unspecified atom stereocenters. The highest BCUT2D eigenvalue weighted by molar-refractivity contribution is 6.33.